The molecule has 1 aliphatic heterocycles. The molecule has 1 saturated carbocycles. The lowest BCUT2D eigenvalue weighted by molar-refractivity contribution is -0.153. The summed E-state index contributed by atoms with van der Waals surface area (Å²) in [4.78, 5) is 14.5. The maximum Gasteiger partial charge on any atom is 0.422 e. The van der Waals surface area contributed by atoms with Gasteiger partial charge in [0, 0.05) is 25.2 Å². The number of amides is 2. The van der Waals surface area contributed by atoms with Gasteiger partial charge in [-0.3, -0.25) is 4.90 Å². The van der Waals surface area contributed by atoms with E-state index in [1.165, 1.54) is 25.0 Å². The van der Waals surface area contributed by atoms with Crippen LogP contribution in [-0.2, 0) is 0 Å². The maximum atomic E-state index is 12.3. The molecule has 0 spiro atoms. The molecule has 3 rings (SSSR count). The third-order valence-electron chi connectivity index (χ3n) is 4.14. The molecule has 1 saturated heterocycles. The van der Waals surface area contributed by atoms with Crippen molar-refractivity contribution in [2.75, 3.05) is 25.0 Å². The van der Waals surface area contributed by atoms with Gasteiger partial charge in [0.25, 0.3) is 0 Å². The van der Waals surface area contributed by atoms with E-state index >= 15 is 0 Å². The number of anilines is 1. The van der Waals surface area contributed by atoms with Crippen LogP contribution in [0.25, 0.3) is 0 Å². The van der Waals surface area contributed by atoms with Crippen molar-refractivity contribution < 1.29 is 22.7 Å². The standard InChI is InChI=1S/C16H20F3N3O2/c17-16(18,19)10-24-14-4-2-1-3-13(14)21-15(23)20-11-7-8-22(9-11)12-5-6-12/h1-4,11-12H,5-10H2,(H2,20,21,23). The van der Waals surface area contributed by atoms with Gasteiger partial charge in [0.1, 0.15) is 5.75 Å². The molecule has 1 aromatic carbocycles. The second kappa shape index (κ2) is 6.88. The summed E-state index contributed by atoms with van der Waals surface area (Å²) in [5.41, 5.74) is 0.219. The fourth-order valence-corrected chi connectivity index (χ4v) is 2.88. The SMILES string of the molecule is O=C(Nc1ccccc1OCC(F)(F)F)NC1CCN(C2CC2)C1. The predicted molar refractivity (Wildman–Crippen MR) is 83.1 cm³/mol. The van der Waals surface area contributed by atoms with Crippen molar-refractivity contribution >= 4 is 11.7 Å². The van der Waals surface area contributed by atoms with E-state index in [4.69, 9.17) is 4.74 Å². The maximum absolute atomic E-state index is 12.3. The van der Waals surface area contributed by atoms with Crippen LogP contribution in [0.1, 0.15) is 19.3 Å². The number of benzene rings is 1. The van der Waals surface area contributed by atoms with Crippen LogP contribution >= 0.6 is 0 Å². The summed E-state index contributed by atoms with van der Waals surface area (Å²) in [6.07, 6.45) is -1.09. The van der Waals surface area contributed by atoms with Gasteiger partial charge in [-0.15, -0.1) is 0 Å². The Bertz CT molecular complexity index is 590. The first-order valence-corrected chi connectivity index (χ1v) is 8.01. The summed E-state index contributed by atoms with van der Waals surface area (Å²) in [7, 11) is 0. The number of urea groups is 1. The first kappa shape index (κ1) is 16.9. The molecule has 2 N–H and O–H groups in total. The summed E-state index contributed by atoms with van der Waals surface area (Å²) >= 11 is 0. The van der Waals surface area contributed by atoms with Gasteiger partial charge in [-0.05, 0) is 31.4 Å². The Kier molecular flexibility index (Phi) is 4.84. The van der Waals surface area contributed by atoms with E-state index < -0.39 is 18.8 Å². The number of ether oxygens (including phenoxy) is 1. The smallest absolute Gasteiger partial charge is 0.422 e. The number of para-hydroxylation sites is 2. The van der Waals surface area contributed by atoms with E-state index in [1.54, 1.807) is 12.1 Å². The number of halogens is 3. The van der Waals surface area contributed by atoms with Gasteiger partial charge in [-0.2, -0.15) is 13.2 Å². The average molecular weight is 343 g/mol. The van der Waals surface area contributed by atoms with Crippen molar-refractivity contribution in [1.82, 2.24) is 10.2 Å². The van der Waals surface area contributed by atoms with Crippen molar-refractivity contribution in [2.45, 2.75) is 37.5 Å². The van der Waals surface area contributed by atoms with Gasteiger partial charge in [0.05, 0.1) is 5.69 Å². The monoisotopic (exact) mass is 343 g/mol. The Morgan fingerprint density at radius 2 is 2.00 bits per heavy atom. The van der Waals surface area contributed by atoms with Crippen LogP contribution in [-0.4, -0.2) is 48.9 Å². The first-order valence-electron chi connectivity index (χ1n) is 8.01. The van der Waals surface area contributed by atoms with E-state index in [0.717, 1.165) is 19.5 Å². The molecule has 1 heterocycles. The summed E-state index contributed by atoms with van der Waals surface area (Å²) < 4.78 is 41.6. The number of alkyl halides is 3. The Labute approximate surface area is 138 Å². The number of likely N-dealkylation sites (tertiary alicyclic amines) is 1. The molecule has 0 bridgehead atoms. The van der Waals surface area contributed by atoms with E-state index in [0.29, 0.717) is 6.04 Å². The highest BCUT2D eigenvalue weighted by atomic mass is 19.4. The first-order chi connectivity index (χ1) is 11.4. The Balaban J connectivity index is 1.52. The minimum Gasteiger partial charge on any atom is -0.482 e. The van der Waals surface area contributed by atoms with Crippen LogP contribution in [0.5, 0.6) is 5.75 Å². The molecule has 5 nitrogen and oxygen atoms in total. The van der Waals surface area contributed by atoms with Gasteiger partial charge < -0.3 is 15.4 Å². The Morgan fingerprint density at radius 1 is 1.25 bits per heavy atom. The van der Waals surface area contributed by atoms with E-state index in [1.807, 2.05) is 0 Å². The van der Waals surface area contributed by atoms with Crippen LogP contribution in [0.2, 0.25) is 0 Å². The number of carbonyl (C=O) groups is 1. The molecule has 0 aromatic heterocycles. The fraction of sp³-hybridized carbons (Fsp3) is 0.562. The molecule has 1 aromatic rings. The molecule has 2 fully saturated rings. The molecule has 1 atom stereocenters. The number of hydrogen-bond donors (Lipinski definition) is 2. The normalized spacial score (nSPS) is 21.5. The zero-order valence-electron chi connectivity index (χ0n) is 13.1. The molecule has 1 unspecified atom stereocenters. The zero-order valence-corrected chi connectivity index (χ0v) is 13.1. The predicted octanol–water partition coefficient (Wildman–Crippen LogP) is 2.99. The topological polar surface area (TPSA) is 53.6 Å². The third kappa shape index (κ3) is 4.77. The minimum atomic E-state index is -4.43. The summed E-state index contributed by atoms with van der Waals surface area (Å²) in [6.45, 7) is 0.400. The largest absolute Gasteiger partial charge is 0.482 e. The van der Waals surface area contributed by atoms with Crippen molar-refractivity contribution in [3.63, 3.8) is 0 Å². The van der Waals surface area contributed by atoms with Crippen molar-refractivity contribution in [3.05, 3.63) is 24.3 Å². The van der Waals surface area contributed by atoms with Gasteiger partial charge >= 0.3 is 12.2 Å². The van der Waals surface area contributed by atoms with Crippen LogP contribution < -0.4 is 15.4 Å². The zero-order chi connectivity index (χ0) is 17.2. The summed E-state index contributed by atoms with van der Waals surface area (Å²) in [6, 6.07) is 6.38. The average Bonchev–Trinajstić information content (AvgIpc) is 3.26. The molecule has 8 heteroatoms. The van der Waals surface area contributed by atoms with Gasteiger partial charge in [0.15, 0.2) is 6.61 Å². The van der Waals surface area contributed by atoms with Crippen LogP contribution in [0.3, 0.4) is 0 Å². The number of carbonyl (C=O) groups excluding carboxylic acids is 1. The fourth-order valence-electron chi connectivity index (χ4n) is 2.88. The molecule has 2 amide bonds. The van der Waals surface area contributed by atoms with Crippen LogP contribution in [0.4, 0.5) is 23.7 Å². The van der Waals surface area contributed by atoms with Crippen LogP contribution in [0.15, 0.2) is 24.3 Å². The highest BCUT2D eigenvalue weighted by Crippen LogP contribution is 2.30. The molecule has 24 heavy (non-hydrogen) atoms. The summed E-state index contributed by atoms with van der Waals surface area (Å²) in [5, 5.41) is 5.44. The van der Waals surface area contributed by atoms with Gasteiger partial charge in [-0.1, -0.05) is 12.1 Å². The molecule has 2 aliphatic rings. The Morgan fingerprint density at radius 3 is 2.71 bits per heavy atom. The molecule has 1 aliphatic carbocycles. The number of nitrogens with zero attached hydrogens (tertiary/aromatic N) is 1. The van der Waals surface area contributed by atoms with E-state index in [9.17, 15) is 18.0 Å². The van der Waals surface area contributed by atoms with E-state index in [-0.39, 0.29) is 17.5 Å². The highest BCUT2D eigenvalue weighted by Gasteiger charge is 2.34. The second-order valence-electron chi connectivity index (χ2n) is 6.21. The lowest BCUT2D eigenvalue weighted by atomic mass is 10.2. The quantitative estimate of drug-likeness (QED) is 0.864. The second-order valence-corrected chi connectivity index (χ2v) is 6.21. The Hall–Kier alpha value is -1.96. The number of rotatable bonds is 5. The molecular formula is C16H20F3N3O2. The lowest BCUT2D eigenvalue weighted by Crippen LogP contribution is -2.40. The number of nitrogens with one attached hydrogen (secondary N) is 2. The van der Waals surface area contributed by atoms with E-state index in [2.05, 4.69) is 15.5 Å². The number of hydrogen-bond acceptors (Lipinski definition) is 3. The lowest BCUT2D eigenvalue weighted by Gasteiger charge is -2.17. The van der Waals surface area contributed by atoms with Gasteiger partial charge in [-0.25, -0.2) is 4.79 Å². The molecule has 132 valence electrons. The molecule has 0 radical (unpaired) electrons. The van der Waals surface area contributed by atoms with Gasteiger partial charge in [0.2, 0.25) is 0 Å². The van der Waals surface area contributed by atoms with Crippen molar-refractivity contribution in [3.8, 4) is 5.75 Å². The van der Waals surface area contributed by atoms with Crippen LogP contribution in [0, 0.1) is 0 Å². The van der Waals surface area contributed by atoms with Crippen molar-refractivity contribution in [1.29, 1.82) is 0 Å². The highest BCUT2D eigenvalue weighted by molar-refractivity contribution is 5.91. The summed E-state index contributed by atoms with van der Waals surface area (Å²) in [5.74, 6) is -0.00370. The third-order valence-corrected chi connectivity index (χ3v) is 4.14. The van der Waals surface area contributed by atoms with Crippen molar-refractivity contribution in [2.24, 2.45) is 0 Å². The molecular weight excluding hydrogens is 323 g/mol. The minimum absolute atomic E-state index is 0.00370.